The first-order valence-corrected chi connectivity index (χ1v) is 6.22. The summed E-state index contributed by atoms with van der Waals surface area (Å²) in [7, 11) is 4.22. The monoisotopic (exact) mass is 235 g/mol. The fourth-order valence-corrected chi connectivity index (χ4v) is 2.18. The van der Waals surface area contributed by atoms with Crippen molar-refractivity contribution >= 4 is 0 Å². The molecule has 0 saturated carbocycles. The molecule has 0 aromatic heterocycles. The number of nitrogens with one attached hydrogen (secondary N) is 1. The molecular weight excluding hydrogens is 210 g/mol. The number of likely N-dealkylation sites (N-methyl/N-ethyl adjacent to an activating group) is 1. The zero-order valence-electron chi connectivity index (χ0n) is 11.4. The first-order chi connectivity index (χ1) is 8.04. The van der Waals surface area contributed by atoms with Gasteiger partial charge in [-0.2, -0.15) is 0 Å². The van der Waals surface area contributed by atoms with Crippen LogP contribution in [0.15, 0.2) is 30.3 Å². The molecule has 0 heterocycles. The minimum Gasteiger partial charge on any atom is -0.302 e. The molecule has 0 saturated heterocycles. The smallest absolute Gasteiger partial charge is 0.0432 e. The summed E-state index contributed by atoms with van der Waals surface area (Å²) in [5.74, 6) is 5.74. The molecule has 0 spiro atoms. The van der Waals surface area contributed by atoms with E-state index in [2.05, 4.69) is 62.5 Å². The van der Waals surface area contributed by atoms with Crippen LogP contribution in [0.25, 0.3) is 0 Å². The minimum atomic E-state index is 0.0601. The van der Waals surface area contributed by atoms with E-state index >= 15 is 0 Å². The van der Waals surface area contributed by atoms with Gasteiger partial charge in [0.05, 0.1) is 0 Å². The van der Waals surface area contributed by atoms with Crippen molar-refractivity contribution < 1.29 is 0 Å². The van der Waals surface area contributed by atoms with Crippen LogP contribution in [0.2, 0.25) is 0 Å². The SMILES string of the molecule is CCC(C)(C(Cc1ccccc1)NN)N(C)C. The average molecular weight is 235 g/mol. The second-order valence-electron chi connectivity index (χ2n) is 5.01. The highest BCUT2D eigenvalue weighted by molar-refractivity contribution is 5.17. The molecule has 2 atom stereocenters. The highest BCUT2D eigenvalue weighted by Crippen LogP contribution is 2.23. The summed E-state index contributed by atoms with van der Waals surface area (Å²) < 4.78 is 0. The Morgan fingerprint density at radius 2 is 1.88 bits per heavy atom. The van der Waals surface area contributed by atoms with Crippen molar-refractivity contribution in [2.24, 2.45) is 5.84 Å². The summed E-state index contributed by atoms with van der Waals surface area (Å²) in [4.78, 5) is 2.25. The van der Waals surface area contributed by atoms with Gasteiger partial charge in [0.15, 0.2) is 0 Å². The second-order valence-corrected chi connectivity index (χ2v) is 5.01. The van der Waals surface area contributed by atoms with Crippen molar-refractivity contribution in [1.29, 1.82) is 0 Å². The molecule has 1 aromatic rings. The summed E-state index contributed by atoms with van der Waals surface area (Å²) in [6.45, 7) is 4.45. The fraction of sp³-hybridized carbons (Fsp3) is 0.571. The Morgan fingerprint density at radius 3 is 2.29 bits per heavy atom. The van der Waals surface area contributed by atoms with E-state index in [0.717, 1.165) is 12.8 Å². The Balaban J connectivity index is 2.84. The summed E-state index contributed by atoms with van der Waals surface area (Å²) in [6, 6.07) is 10.7. The maximum absolute atomic E-state index is 5.74. The summed E-state index contributed by atoms with van der Waals surface area (Å²) in [5.41, 5.74) is 4.36. The Morgan fingerprint density at radius 1 is 1.29 bits per heavy atom. The van der Waals surface area contributed by atoms with Gasteiger partial charge in [-0.15, -0.1) is 0 Å². The molecule has 3 nitrogen and oxygen atoms in total. The molecule has 96 valence electrons. The van der Waals surface area contributed by atoms with Gasteiger partial charge in [-0.25, -0.2) is 0 Å². The van der Waals surface area contributed by atoms with Gasteiger partial charge in [-0.05, 0) is 39.4 Å². The van der Waals surface area contributed by atoms with Crippen LogP contribution in [0, 0.1) is 0 Å². The van der Waals surface area contributed by atoms with E-state index in [4.69, 9.17) is 5.84 Å². The van der Waals surface area contributed by atoms with E-state index in [1.165, 1.54) is 5.56 Å². The lowest BCUT2D eigenvalue weighted by Gasteiger charge is -2.42. The van der Waals surface area contributed by atoms with E-state index in [1.54, 1.807) is 0 Å². The first-order valence-electron chi connectivity index (χ1n) is 6.22. The predicted molar refractivity (Wildman–Crippen MR) is 73.6 cm³/mol. The summed E-state index contributed by atoms with van der Waals surface area (Å²) >= 11 is 0. The number of nitrogens with two attached hydrogens (primary N) is 1. The van der Waals surface area contributed by atoms with Crippen molar-refractivity contribution in [3.8, 4) is 0 Å². The van der Waals surface area contributed by atoms with Gasteiger partial charge >= 0.3 is 0 Å². The minimum absolute atomic E-state index is 0.0601. The Labute approximate surface area is 105 Å². The number of hydrogen-bond donors (Lipinski definition) is 2. The average Bonchev–Trinajstić information content (AvgIpc) is 2.36. The van der Waals surface area contributed by atoms with Gasteiger partial charge in [0.2, 0.25) is 0 Å². The largest absolute Gasteiger partial charge is 0.302 e. The van der Waals surface area contributed by atoms with E-state index < -0.39 is 0 Å². The second kappa shape index (κ2) is 6.15. The highest BCUT2D eigenvalue weighted by atomic mass is 15.3. The molecule has 3 heteroatoms. The molecule has 0 aliphatic heterocycles. The van der Waals surface area contributed by atoms with E-state index in [9.17, 15) is 0 Å². The topological polar surface area (TPSA) is 41.3 Å². The molecule has 0 aliphatic rings. The van der Waals surface area contributed by atoms with Crippen molar-refractivity contribution in [1.82, 2.24) is 10.3 Å². The third kappa shape index (κ3) is 3.28. The molecule has 0 aliphatic carbocycles. The number of rotatable bonds is 6. The van der Waals surface area contributed by atoms with Crippen LogP contribution in [0.5, 0.6) is 0 Å². The molecule has 0 fully saturated rings. The van der Waals surface area contributed by atoms with E-state index in [1.807, 2.05) is 6.07 Å². The Hall–Kier alpha value is -0.900. The fourth-order valence-electron chi connectivity index (χ4n) is 2.18. The molecule has 0 bridgehead atoms. The lowest BCUT2D eigenvalue weighted by molar-refractivity contribution is 0.112. The van der Waals surface area contributed by atoms with Crippen molar-refractivity contribution in [2.75, 3.05) is 14.1 Å². The van der Waals surface area contributed by atoms with Gasteiger partial charge in [0, 0.05) is 11.6 Å². The molecule has 3 N–H and O–H groups in total. The van der Waals surface area contributed by atoms with Gasteiger partial charge in [-0.1, -0.05) is 37.3 Å². The molecule has 17 heavy (non-hydrogen) atoms. The maximum Gasteiger partial charge on any atom is 0.0432 e. The van der Waals surface area contributed by atoms with Crippen molar-refractivity contribution in [2.45, 2.75) is 38.3 Å². The Bertz CT molecular complexity index is 323. The molecular formula is C14H25N3. The molecule has 0 radical (unpaired) electrons. The normalized spacial score (nSPS) is 16.8. The van der Waals surface area contributed by atoms with Crippen molar-refractivity contribution in [3.05, 3.63) is 35.9 Å². The quantitative estimate of drug-likeness (QED) is 0.583. The van der Waals surface area contributed by atoms with Crippen LogP contribution in [0.1, 0.15) is 25.8 Å². The standard InChI is InChI=1S/C14H25N3/c1-5-14(2,17(3)4)13(16-15)11-12-9-7-6-8-10-12/h6-10,13,16H,5,11,15H2,1-4H3. The van der Waals surface area contributed by atoms with Gasteiger partial charge in [0.25, 0.3) is 0 Å². The van der Waals surface area contributed by atoms with Crippen LogP contribution in [0.3, 0.4) is 0 Å². The predicted octanol–water partition coefficient (Wildman–Crippen LogP) is 1.79. The zero-order valence-corrected chi connectivity index (χ0v) is 11.4. The molecule has 1 rings (SSSR count). The molecule has 1 aromatic carbocycles. The zero-order chi connectivity index (χ0) is 12.9. The van der Waals surface area contributed by atoms with Crippen LogP contribution in [-0.4, -0.2) is 30.6 Å². The van der Waals surface area contributed by atoms with E-state index in [0.29, 0.717) is 0 Å². The van der Waals surface area contributed by atoms with E-state index in [-0.39, 0.29) is 11.6 Å². The number of nitrogens with zero attached hydrogens (tertiary/aromatic N) is 1. The molecule has 2 unspecified atom stereocenters. The van der Waals surface area contributed by atoms with Crippen LogP contribution >= 0.6 is 0 Å². The number of hydrazine groups is 1. The van der Waals surface area contributed by atoms with Gasteiger partial charge in [-0.3, -0.25) is 11.3 Å². The highest BCUT2D eigenvalue weighted by Gasteiger charge is 2.33. The molecule has 0 amide bonds. The van der Waals surface area contributed by atoms with Crippen LogP contribution < -0.4 is 11.3 Å². The number of hydrogen-bond acceptors (Lipinski definition) is 3. The van der Waals surface area contributed by atoms with Gasteiger partial charge in [0.1, 0.15) is 0 Å². The van der Waals surface area contributed by atoms with Crippen LogP contribution in [-0.2, 0) is 6.42 Å². The lowest BCUT2D eigenvalue weighted by atomic mass is 9.84. The summed E-state index contributed by atoms with van der Waals surface area (Å²) in [6.07, 6.45) is 2.00. The van der Waals surface area contributed by atoms with Gasteiger partial charge < -0.3 is 4.90 Å². The maximum atomic E-state index is 5.74. The van der Waals surface area contributed by atoms with Crippen molar-refractivity contribution in [3.63, 3.8) is 0 Å². The first kappa shape index (κ1) is 14.2. The van der Waals surface area contributed by atoms with Crippen LogP contribution in [0.4, 0.5) is 0 Å². The third-order valence-corrected chi connectivity index (χ3v) is 3.97. The third-order valence-electron chi connectivity index (χ3n) is 3.97. The lowest BCUT2D eigenvalue weighted by Crippen LogP contribution is -2.59. The number of benzene rings is 1. The Kier molecular flexibility index (Phi) is 5.12. The summed E-state index contributed by atoms with van der Waals surface area (Å²) in [5, 5.41) is 0.